The zero-order valence-corrected chi connectivity index (χ0v) is 11.5. The van der Waals surface area contributed by atoms with Crippen molar-refractivity contribution in [1.82, 2.24) is 0 Å². The van der Waals surface area contributed by atoms with Gasteiger partial charge in [-0.25, -0.2) is 0 Å². The van der Waals surface area contributed by atoms with E-state index in [0.29, 0.717) is 12.4 Å². The minimum absolute atomic E-state index is 0.0417. The molecule has 7 atom stereocenters. The molecule has 3 heteroatoms. The molecule has 5 rings (SSSR count). The van der Waals surface area contributed by atoms with Gasteiger partial charge in [-0.05, 0) is 20.8 Å². The molecule has 3 nitrogen and oxygen atoms in total. The highest BCUT2D eigenvalue weighted by Crippen LogP contribution is 2.78. The lowest BCUT2D eigenvalue weighted by molar-refractivity contribution is -0.143. The van der Waals surface area contributed by atoms with Gasteiger partial charge in [0, 0.05) is 11.3 Å². The molecular formula is C16H18O3. The van der Waals surface area contributed by atoms with E-state index in [1.54, 1.807) is 0 Å². The fourth-order valence-electron chi connectivity index (χ4n) is 5.93. The van der Waals surface area contributed by atoms with Crippen molar-refractivity contribution in [2.75, 3.05) is 6.61 Å². The first-order valence-electron chi connectivity index (χ1n) is 7.13. The van der Waals surface area contributed by atoms with E-state index in [-0.39, 0.29) is 29.0 Å². The standard InChI is InChI=1S/C16H18O3/c1-13-6-7-14(2)15(3,12(13)17)16(8-18-14)10-5-4-9(19-10)11(13)16/h4-7,9-11H,8H2,1-3H3. The van der Waals surface area contributed by atoms with Gasteiger partial charge in [0.15, 0.2) is 5.78 Å². The molecule has 19 heavy (non-hydrogen) atoms. The molecule has 0 N–H and O–H groups in total. The number of hydrogen-bond donors (Lipinski definition) is 0. The molecule has 0 aromatic carbocycles. The largest absolute Gasteiger partial charge is 0.369 e. The van der Waals surface area contributed by atoms with E-state index >= 15 is 0 Å². The zero-order chi connectivity index (χ0) is 13.3. The summed E-state index contributed by atoms with van der Waals surface area (Å²) >= 11 is 0. The van der Waals surface area contributed by atoms with E-state index in [4.69, 9.17) is 9.47 Å². The predicted octanol–water partition coefficient (Wildman–Crippen LogP) is 1.88. The van der Waals surface area contributed by atoms with E-state index in [2.05, 4.69) is 45.1 Å². The smallest absolute Gasteiger partial charge is 0.152 e. The summed E-state index contributed by atoms with van der Waals surface area (Å²) in [5.41, 5.74) is -1.49. The van der Waals surface area contributed by atoms with Crippen molar-refractivity contribution in [3.05, 3.63) is 24.3 Å². The van der Waals surface area contributed by atoms with Gasteiger partial charge in [-0.2, -0.15) is 0 Å². The first-order chi connectivity index (χ1) is 8.90. The second-order valence-electron chi connectivity index (χ2n) is 7.39. The Morgan fingerprint density at radius 1 is 1.21 bits per heavy atom. The van der Waals surface area contributed by atoms with Crippen LogP contribution in [0.25, 0.3) is 0 Å². The number of carbonyl (C=O) groups is 1. The van der Waals surface area contributed by atoms with Crippen LogP contribution in [0.5, 0.6) is 0 Å². The number of Topliss-reactive ketones (excluding diaryl/α,β-unsaturated/α-hetero) is 1. The Balaban J connectivity index is 1.92. The Morgan fingerprint density at radius 3 is 2.79 bits per heavy atom. The Kier molecular flexibility index (Phi) is 1.42. The summed E-state index contributed by atoms with van der Waals surface area (Å²) in [6.07, 6.45) is 8.65. The third-order valence-electron chi connectivity index (χ3n) is 7.04. The van der Waals surface area contributed by atoms with Crippen molar-refractivity contribution >= 4 is 5.78 Å². The van der Waals surface area contributed by atoms with E-state index in [0.717, 1.165) is 0 Å². The van der Waals surface area contributed by atoms with Crippen LogP contribution >= 0.6 is 0 Å². The molecule has 3 heterocycles. The van der Waals surface area contributed by atoms with E-state index < -0.39 is 11.0 Å². The highest BCUT2D eigenvalue weighted by molar-refractivity contribution is 5.99. The van der Waals surface area contributed by atoms with Crippen LogP contribution in [-0.4, -0.2) is 30.2 Å². The molecule has 1 saturated carbocycles. The van der Waals surface area contributed by atoms with Crippen LogP contribution in [-0.2, 0) is 14.3 Å². The zero-order valence-electron chi connectivity index (χ0n) is 11.5. The quantitative estimate of drug-likeness (QED) is 0.622. The Hall–Kier alpha value is -0.930. The first kappa shape index (κ1) is 10.8. The van der Waals surface area contributed by atoms with Crippen molar-refractivity contribution in [3.8, 4) is 0 Å². The molecular weight excluding hydrogens is 240 g/mol. The summed E-state index contributed by atoms with van der Waals surface area (Å²) in [7, 11) is 0. The van der Waals surface area contributed by atoms with Crippen LogP contribution < -0.4 is 0 Å². The fraction of sp³-hybridized carbons (Fsp3) is 0.688. The van der Waals surface area contributed by atoms with Crippen molar-refractivity contribution in [3.63, 3.8) is 0 Å². The van der Waals surface area contributed by atoms with Crippen LogP contribution in [0.3, 0.4) is 0 Å². The molecule has 100 valence electrons. The third-order valence-corrected chi connectivity index (χ3v) is 7.04. The number of ether oxygens (including phenoxy) is 2. The summed E-state index contributed by atoms with van der Waals surface area (Å²) in [5, 5.41) is 0. The van der Waals surface area contributed by atoms with Crippen LogP contribution in [0.15, 0.2) is 24.3 Å². The summed E-state index contributed by atoms with van der Waals surface area (Å²) in [5.74, 6) is 0.586. The molecule has 4 bridgehead atoms. The van der Waals surface area contributed by atoms with E-state index in [9.17, 15) is 4.79 Å². The van der Waals surface area contributed by atoms with Gasteiger partial charge in [-0.15, -0.1) is 0 Å². The van der Waals surface area contributed by atoms with Gasteiger partial charge < -0.3 is 9.47 Å². The molecule has 3 aliphatic heterocycles. The monoisotopic (exact) mass is 258 g/mol. The summed E-state index contributed by atoms with van der Waals surface area (Å²) < 4.78 is 12.3. The fourth-order valence-corrected chi connectivity index (χ4v) is 5.93. The first-order valence-corrected chi connectivity index (χ1v) is 7.13. The Morgan fingerprint density at radius 2 is 2.00 bits per heavy atom. The topological polar surface area (TPSA) is 35.5 Å². The van der Waals surface area contributed by atoms with Crippen LogP contribution in [0.4, 0.5) is 0 Å². The molecule has 3 fully saturated rings. The lowest BCUT2D eigenvalue weighted by Crippen LogP contribution is -2.54. The molecule has 0 aromatic rings. The van der Waals surface area contributed by atoms with Gasteiger partial charge in [-0.1, -0.05) is 24.3 Å². The minimum Gasteiger partial charge on any atom is -0.369 e. The number of hydrogen-bond acceptors (Lipinski definition) is 3. The summed E-state index contributed by atoms with van der Waals surface area (Å²) in [6, 6.07) is 0. The molecule has 0 aromatic heterocycles. The molecule has 0 radical (unpaired) electrons. The second-order valence-corrected chi connectivity index (χ2v) is 7.39. The summed E-state index contributed by atoms with van der Waals surface area (Å²) in [4.78, 5) is 13.2. The molecule has 7 unspecified atom stereocenters. The average Bonchev–Trinajstić information content (AvgIpc) is 3.04. The van der Waals surface area contributed by atoms with Gasteiger partial charge in [0.25, 0.3) is 0 Å². The highest BCUT2D eigenvalue weighted by Gasteiger charge is 2.86. The van der Waals surface area contributed by atoms with E-state index in [1.807, 2.05) is 0 Å². The van der Waals surface area contributed by atoms with Gasteiger partial charge in [0.1, 0.15) is 0 Å². The maximum Gasteiger partial charge on any atom is 0.152 e. The summed E-state index contributed by atoms with van der Waals surface area (Å²) in [6.45, 7) is 6.91. The number of ketones is 1. The normalized spacial score (nSPS) is 67.1. The molecule has 1 spiro atoms. The van der Waals surface area contributed by atoms with Crippen molar-refractivity contribution < 1.29 is 14.3 Å². The van der Waals surface area contributed by atoms with Gasteiger partial charge in [-0.3, -0.25) is 4.79 Å². The SMILES string of the molecule is CC12C=CC3(C)OCC4(C5C=CC(O5)C14)C3(C)C2=O. The Bertz CT molecular complexity index is 593. The van der Waals surface area contributed by atoms with Crippen LogP contribution in [0.2, 0.25) is 0 Å². The molecule has 2 saturated heterocycles. The number of allylic oxidation sites excluding steroid dienone is 1. The number of rotatable bonds is 0. The van der Waals surface area contributed by atoms with E-state index in [1.165, 1.54) is 0 Å². The van der Waals surface area contributed by atoms with Gasteiger partial charge >= 0.3 is 0 Å². The maximum atomic E-state index is 13.2. The number of fused-ring (bicyclic) bond motifs is 5. The lowest BCUT2D eigenvalue weighted by atomic mass is 9.55. The lowest BCUT2D eigenvalue weighted by Gasteiger charge is -2.44. The highest BCUT2D eigenvalue weighted by atomic mass is 16.5. The predicted molar refractivity (Wildman–Crippen MR) is 68.4 cm³/mol. The Labute approximate surface area is 112 Å². The molecule has 5 aliphatic rings. The second kappa shape index (κ2) is 2.49. The van der Waals surface area contributed by atoms with Crippen molar-refractivity contribution in [1.29, 1.82) is 0 Å². The maximum absolute atomic E-state index is 13.2. The average molecular weight is 258 g/mol. The third kappa shape index (κ3) is 0.707. The van der Waals surface area contributed by atoms with Gasteiger partial charge in [0.05, 0.1) is 35.2 Å². The molecule has 0 amide bonds. The van der Waals surface area contributed by atoms with Gasteiger partial charge in [0.2, 0.25) is 0 Å². The van der Waals surface area contributed by atoms with Crippen molar-refractivity contribution in [2.45, 2.75) is 38.6 Å². The van der Waals surface area contributed by atoms with Crippen LogP contribution in [0, 0.1) is 22.2 Å². The van der Waals surface area contributed by atoms with Crippen molar-refractivity contribution in [2.24, 2.45) is 22.2 Å². The molecule has 2 aliphatic carbocycles. The van der Waals surface area contributed by atoms with Crippen LogP contribution in [0.1, 0.15) is 20.8 Å². The minimum atomic E-state index is -0.472. The number of carbonyl (C=O) groups excluding carboxylic acids is 1.